The van der Waals surface area contributed by atoms with E-state index in [4.69, 9.17) is 35.5 Å². The molecule has 0 bridgehead atoms. The lowest BCUT2D eigenvalue weighted by Gasteiger charge is -2.29. The molecule has 12 nitrogen and oxygen atoms in total. The van der Waals surface area contributed by atoms with Crippen LogP contribution in [0.5, 0.6) is 11.5 Å². The van der Waals surface area contributed by atoms with Crippen molar-refractivity contribution in [2.45, 2.75) is 127 Å². The van der Waals surface area contributed by atoms with Crippen molar-refractivity contribution < 1.29 is 43.2 Å². The Morgan fingerprint density at radius 3 is 2.45 bits per heavy atom. The maximum absolute atomic E-state index is 14.7. The van der Waals surface area contributed by atoms with Crippen molar-refractivity contribution in [3.8, 4) is 11.5 Å². The quantitative estimate of drug-likeness (QED) is 0.235. The molecule has 0 radical (unpaired) electrons. The molecule has 314 valence electrons. The Bertz CT molecular complexity index is 1890. The number of carboxylic acids is 1. The van der Waals surface area contributed by atoms with Gasteiger partial charge in [0.25, 0.3) is 0 Å². The zero-order valence-corrected chi connectivity index (χ0v) is 34.3. The van der Waals surface area contributed by atoms with Gasteiger partial charge in [-0.25, -0.2) is 0 Å². The van der Waals surface area contributed by atoms with Crippen LogP contribution in [0.2, 0.25) is 5.02 Å². The van der Waals surface area contributed by atoms with E-state index in [1.54, 1.807) is 4.90 Å². The number of fused-ring (bicyclic) bond motifs is 4. The number of carbonyl (C=O) groups is 4. The van der Waals surface area contributed by atoms with Crippen molar-refractivity contribution in [1.29, 1.82) is 0 Å². The van der Waals surface area contributed by atoms with Crippen LogP contribution in [0.3, 0.4) is 0 Å². The molecule has 0 spiro atoms. The molecule has 9 rings (SSSR count). The molecule has 7 atom stereocenters. The lowest BCUT2D eigenvalue weighted by atomic mass is 9.90. The third-order valence-corrected chi connectivity index (χ3v) is 14.7. The zero-order valence-electron chi connectivity index (χ0n) is 33.5. The number of carbonyl (C=O) groups excluding carboxylic acids is 3. The van der Waals surface area contributed by atoms with Gasteiger partial charge in [-0.15, -0.1) is 0 Å². The van der Waals surface area contributed by atoms with Gasteiger partial charge in [-0.1, -0.05) is 43.7 Å². The molecule has 3 aliphatic heterocycles. The fraction of sp³-hybridized carbons (Fsp3) is 0.711. The van der Waals surface area contributed by atoms with E-state index in [1.165, 1.54) is 6.42 Å². The van der Waals surface area contributed by atoms with E-state index in [0.717, 1.165) is 103 Å². The van der Waals surface area contributed by atoms with Gasteiger partial charge in [0.1, 0.15) is 35.3 Å². The summed E-state index contributed by atoms with van der Waals surface area (Å²) in [6.07, 6.45) is 11.0. The Labute approximate surface area is 345 Å². The van der Waals surface area contributed by atoms with Crippen molar-refractivity contribution >= 4 is 46.1 Å². The van der Waals surface area contributed by atoms with Crippen molar-refractivity contribution in [3.63, 3.8) is 0 Å². The van der Waals surface area contributed by atoms with E-state index in [9.17, 15) is 24.3 Å². The second-order valence-corrected chi connectivity index (χ2v) is 18.8. The lowest BCUT2D eigenvalue weighted by molar-refractivity contribution is -0.154. The third-order valence-electron chi connectivity index (χ3n) is 14.4. The number of morpholine rings is 1. The smallest absolute Gasteiger partial charge is 0.310 e. The first-order valence-electron chi connectivity index (χ1n) is 22.1. The second-order valence-electron chi connectivity index (χ2n) is 18.5. The fourth-order valence-corrected chi connectivity index (χ4v) is 10.8. The number of carboxylic acid groups (broad SMARTS) is 1. The average molecular weight is 820 g/mol. The van der Waals surface area contributed by atoms with Crippen LogP contribution in [0.4, 0.5) is 0 Å². The molecule has 2 aromatic rings. The standard InChI is InChI=1S/C45H58ClN3O9/c46-41-38(56-17-14-48-12-15-55-16-13-48)11-10-34-39(23-35(27-8-9-27)47-42(34)41)57-33-22-36-37(50)25-45(44(53)54)24-31(45)7-5-3-1-2-4-6-28(43(52)49(36)26-33)21-40(51)58-32-19-29-18-30(29)20-32/h10-11,23,27-33,36H,1-9,12-22,24-26H2,(H,53,54)/t28-,29?,30?,31-,32?,33-,36+,45-/m1/s1. The summed E-state index contributed by atoms with van der Waals surface area (Å²) in [5.41, 5.74) is 0.386. The second kappa shape index (κ2) is 16.9. The minimum absolute atomic E-state index is 0.0240. The van der Waals surface area contributed by atoms with Crippen LogP contribution in [-0.2, 0) is 28.7 Å². The van der Waals surface area contributed by atoms with Gasteiger partial charge in [0.2, 0.25) is 5.91 Å². The number of nitrogens with zero attached hydrogens (tertiary/aromatic N) is 3. The van der Waals surface area contributed by atoms with Crippen LogP contribution in [0.25, 0.3) is 10.9 Å². The van der Waals surface area contributed by atoms with Crippen molar-refractivity contribution in [2.75, 3.05) is 46.0 Å². The minimum Gasteiger partial charge on any atom is -0.491 e. The minimum atomic E-state index is -1.09. The van der Waals surface area contributed by atoms with E-state index >= 15 is 0 Å². The molecule has 58 heavy (non-hydrogen) atoms. The van der Waals surface area contributed by atoms with Gasteiger partial charge in [0.15, 0.2) is 5.78 Å². The third kappa shape index (κ3) is 8.71. The zero-order chi connectivity index (χ0) is 40.0. The molecular formula is C45H58ClN3O9. The summed E-state index contributed by atoms with van der Waals surface area (Å²) in [7, 11) is 0. The maximum Gasteiger partial charge on any atom is 0.310 e. The number of amides is 1. The number of hydrogen-bond donors (Lipinski definition) is 1. The van der Waals surface area contributed by atoms with Crippen LogP contribution in [0.15, 0.2) is 18.2 Å². The molecule has 13 heteroatoms. The molecular weight excluding hydrogens is 762 g/mol. The number of hydrogen-bond acceptors (Lipinski definition) is 10. The molecule has 4 heterocycles. The highest BCUT2D eigenvalue weighted by Gasteiger charge is 2.61. The van der Waals surface area contributed by atoms with Crippen LogP contribution >= 0.6 is 11.6 Å². The van der Waals surface area contributed by atoms with Gasteiger partial charge in [-0.05, 0) is 81.3 Å². The Hall–Kier alpha value is -3.48. The molecule has 1 N–H and O–H groups in total. The average Bonchev–Trinajstić information content (AvgIpc) is 4.18. The van der Waals surface area contributed by atoms with Gasteiger partial charge in [-0.2, -0.15) is 0 Å². The van der Waals surface area contributed by atoms with Crippen LogP contribution < -0.4 is 9.47 Å². The first-order chi connectivity index (χ1) is 28.1. The highest BCUT2D eigenvalue weighted by atomic mass is 35.5. The molecule has 7 aliphatic rings. The van der Waals surface area contributed by atoms with E-state index in [2.05, 4.69) is 4.90 Å². The summed E-state index contributed by atoms with van der Waals surface area (Å²) in [5, 5.41) is 11.5. The number of esters is 1. The number of ether oxygens (including phenoxy) is 4. The molecule has 1 aromatic heterocycles. The number of rotatable bonds is 11. The van der Waals surface area contributed by atoms with Gasteiger partial charge < -0.3 is 29.0 Å². The van der Waals surface area contributed by atoms with E-state index in [1.807, 2.05) is 18.2 Å². The van der Waals surface area contributed by atoms with Crippen LogP contribution in [-0.4, -0.2) is 108 Å². The molecule has 4 saturated carbocycles. The molecule has 1 aromatic carbocycles. The van der Waals surface area contributed by atoms with Crippen LogP contribution in [0, 0.1) is 29.1 Å². The van der Waals surface area contributed by atoms with E-state index in [-0.39, 0.29) is 55.5 Å². The number of Topliss-reactive ketones (excluding diaryl/α,β-unsaturated/α-hetero) is 1. The number of ketones is 1. The summed E-state index contributed by atoms with van der Waals surface area (Å²) in [4.78, 5) is 64.1. The highest BCUT2D eigenvalue weighted by Crippen LogP contribution is 2.58. The highest BCUT2D eigenvalue weighted by molar-refractivity contribution is 6.36. The van der Waals surface area contributed by atoms with Gasteiger partial charge >= 0.3 is 11.9 Å². The first kappa shape index (κ1) is 40.0. The van der Waals surface area contributed by atoms with E-state index in [0.29, 0.717) is 64.6 Å². The molecule has 1 amide bonds. The molecule has 2 unspecified atom stereocenters. The summed E-state index contributed by atoms with van der Waals surface area (Å²) in [6.45, 7) is 4.55. The fourth-order valence-electron chi connectivity index (χ4n) is 10.5. The van der Waals surface area contributed by atoms with Gasteiger partial charge in [0.05, 0.1) is 43.2 Å². The van der Waals surface area contributed by atoms with Crippen LogP contribution in [0.1, 0.15) is 114 Å². The lowest BCUT2D eigenvalue weighted by Crippen LogP contribution is -2.45. The SMILES string of the molecule is O=C(C[C@H]1CCCCCCC[C@@H]2C[C@@]2(C(=O)O)CC(=O)[C@@H]2C[C@@H](Oc3cc(C4CC4)nc4c(Cl)c(OCCN5CCOCC5)ccc34)CN2C1=O)OC1CC2CC2C1. The Balaban J connectivity index is 0.966. The normalized spacial score (nSPS) is 33.1. The maximum atomic E-state index is 14.7. The van der Waals surface area contributed by atoms with Crippen molar-refractivity contribution in [1.82, 2.24) is 14.8 Å². The molecule has 7 fully saturated rings. The van der Waals surface area contributed by atoms with E-state index < -0.39 is 29.4 Å². The summed E-state index contributed by atoms with van der Waals surface area (Å²) >= 11 is 7.03. The summed E-state index contributed by atoms with van der Waals surface area (Å²) in [6, 6.07) is 4.87. The van der Waals surface area contributed by atoms with Crippen molar-refractivity contribution in [2.24, 2.45) is 29.1 Å². The van der Waals surface area contributed by atoms with Gasteiger partial charge in [-0.3, -0.25) is 29.1 Å². The Morgan fingerprint density at radius 2 is 1.69 bits per heavy atom. The number of aromatic nitrogens is 1. The predicted octanol–water partition coefficient (Wildman–Crippen LogP) is 6.97. The topological polar surface area (TPSA) is 145 Å². The summed E-state index contributed by atoms with van der Waals surface area (Å²) < 4.78 is 24.4. The van der Waals surface area contributed by atoms with Gasteiger partial charge in [0, 0.05) is 61.5 Å². The predicted molar refractivity (Wildman–Crippen MR) is 215 cm³/mol. The number of benzene rings is 1. The molecule has 3 saturated heterocycles. The monoisotopic (exact) mass is 819 g/mol. The summed E-state index contributed by atoms with van der Waals surface area (Å²) in [5.74, 6) is 0.330. The van der Waals surface area contributed by atoms with Crippen molar-refractivity contribution in [3.05, 3.63) is 28.9 Å². The number of pyridine rings is 1. The first-order valence-corrected chi connectivity index (χ1v) is 22.5. The number of halogens is 1. The number of aliphatic carboxylic acids is 1. The Morgan fingerprint density at radius 1 is 0.931 bits per heavy atom. The largest absolute Gasteiger partial charge is 0.491 e. The molecule has 4 aliphatic carbocycles. The Kier molecular flexibility index (Phi) is 11.6.